The van der Waals surface area contributed by atoms with Gasteiger partial charge in [0, 0.05) is 32.2 Å². The van der Waals surface area contributed by atoms with Gasteiger partial charge < -0.3 is 15.4 Å². The summed E-state index contributed by atoms with van der Waals surface area (Å²) in [6.45, 7) is 6.02. The summed E-state index contributed by atoms with van der Waals surface area (Å²) < 4.78 is 19.7. The van der Waals surface area contributed by atoms with Gasteiger partial charge in [-0.05, 0) is 37.1 Å². The highest BCUT2D eigenvalue weighted by Crippen LogP contribution is 2.26. The van der Waals surface area contributed by atoms with Crippen molar-refractivity contribution in [3.8, 4) is 0 Å². The molecular weight excluding hydrogens is 269 g/mol. The van der Waals surface area contributed by atoms with E-state index in [9.17, 15) is 4.39 Å². The molecule has 5 heteroatoms. The van der Waals surface area contributed by atoms with Crippen LogP contribution in [0.1, 0.15) is 12.0 Å². The molecule has 2 heterocycles. The standard InChI is InChI=1S/C16H24FN3O/c17-15-11-13(3-5-18)1-2-16(15)20-6-4-14(12-20)19-7-9-21-10-8-19/h1-2,11,14H,3-10,12,18H2. The second kappa shape index (κ2) is 6.73. The van der Waals surface area contributed by atoms with E-state index in [0.29, 0.717) is 12.6 Å². The van der Waals surface area contributed by atoms with Gasteiger partial charge in [0.25, 0.3) is 0 Å². The summed E-state index contributed by atoms with van der Waals surface area (Å²) >= 11 is 0. The first-order valence-corrected chi connectivity index (χ1v) is 7.83. The van der Waals surface area contributed by atoms with Crippen molar-refractivity contribution in [1.29, 1.82) is 0 Å². The minimum absolute atomic E-state index is 0.122. The van der Waals surface area contributed by atoms with Crippen LogP contribution in [-0.2, 0) is 11.2 Å². The van der Waals surface area contributed by atoms with E-state index in [2.05, 4.69) is 9.80 Å². The van der Waals surface area contributed by atoms with E-state index in [1.54, 1.807) is 6.07 Å². The second-order valence-corrected chi connectivity index (χ2v) is 5.86. The number of ether oxygens (including phenoxy) is 1. The van der Waals surface area contributed by atoms with Gasteiger partial charge in [0.2, 0.25) is 0 Å². The molecule has 0 saturated carbocycles. The predicted octanol–water partition coefficient (Wildman–Crippen LogP) is 1.24. The molecule has 2 aliphatic rings. The Morgan fingerprint density at radius 2 is 2.05 bits per heavy atom. The van der Waals surface area contributed by atoms with Crippen molar-refractivity contribution in [3.05, 3.63) is 29.6 Å². The van der Waals surface area contributed by atoms with E-state index in [0.717, 1.165) is 63.5 Å². The number of rotatable bonds is 4. The van der Waals surface area contributed by atoms with Crippen molar-refractivity contribution in [2.24, 2.45) is 5.73 Å². The quantitative estimate of drug-likeness (QED) is 0.907. The third-order valence-corrected chi connectivity index (χ3v) is 4.51. The molecule has 1 aromatic rings. The molecule has 116 valence electrons. The number of hydrogen-bond acceptors (Lipinski definition) is 4. The van der Waals surface area contributed by atoms with Crippen LogP contribution in [0, 0.1) is 5.82 Å². The Morgan fingerprint density at radius 1 is 1.24 bits per heavy atom. The van der Waals surface area contributed by atoms with E-state index in [4.69, 9.17) is 10.5 Å². The lowest BCUT2D eigenvalue weighted by atomic mass is 10.1. The largest absolute Gasteiger partial charge is 0.379 e. The molecule has 1 unspecified atom stereocenters. The van der Waals surface area contributed by atoms with Gasteiger partial charge in [0.05, 0.1) is 18.9 Å². The summed E-state index contributed by atoms with van der Waals surface area (Å²) in [5.41, 5.74) is 7.23. The molecule has 2 saturated heterocycles. The molecule has 1 aromatic carbocycles. The number of morpholine rings is 1. The number of halogens is 1. The smallest absolute Gasteiger partial charge is 0.146 e. The summed E-state index contributed by atoms with van der Waals surface area (Å²) in [6, 6.07) is 6.05. The molecule has 2 fully saturated rings. The first-order chi connectivity index (χ1) is 10.3. The van der Waals surface area contributed by atoms with Gasteiger partial charge in [0.1, 0.15) is 5.82 Å². The minimum Gasteiger partial charge on any atom is -0.379 e. The maximum atomic E-state index is 14.3. The Hall–Kier alpha value is -1.17. The number of nitrogens with zero attached hydrogens (tertiary/aromatic N) is 2. The van der Waals surface area contributed by atoms with Crippen LogP contribution >= 0.6 is 0 Å². The van der Waals surface area contributed by atoms with E-state index in [1.165, 1.54) is 0 Å². The highest BCUT2D eigenvalue weighted by Gasteiger charge is 2.29. The van der Waals surface area contributed by atoms with Crippen LogP contribution in [0.15, 0.2) is 18.2 Å². The molecule has 2 N–H and O–H groups in total. The summed E-state index contributed by atoms with van der Waals surface area (Å²) in [5, 5.41) is 0. The van der Waals surface area contributed by atoms with Crippen molar-refractivity contribution in [2.45, 2.75) is 18.9 Å². The first kappa shape index (κ1) is 14.8. The van der Waals surface area contributed by atoms with Crippen LogP contribution in [0.25, 0.3) is 0 Å². The molecule has 0 aromatic heterocycles. The van der Waals surface area contributed by atoms with Gasteiger partial charge in [-0.2, -0.15) is 0 Å². The van der Waals surface area contributed by atoms with Crippen LogP contribution in [0.3, 0.4) is 0 Å². The minimum atomic E-state index is -0.122. The maximum Gasteiger partial charge on any atom is 0.146 e. The van der Waals surface area contributed by atoms with Gasteiger partial charge in [-0.1, -0.05) is 6.07 Å². The highest BCUT2D eigenvalue weighted by atomic mass is 19.1. The average Bonchev–Trinajstić information content (AvgIpc) is 2.98. The first-order valence-electron chi connectivity index (χ1n) is 7.83. The molecule has 0 aliphatic carbocycles. The molecule has 0 radical (unpaired) electrons. The lowest BCUT2D eigenvalue weighted by Crippen LogP contribution is -2.44. The molecule has 2 aliphatic heterocycles. The monoisotopic (exact) mass is 293 g/mol. The Bertz CT molecular complexity index is 477. The summed E-state index contributed by atoms with van der Waals surface area (Å²) in [5.74, 6) is -0.122. The van der Waals surface area contributed by atoms with Crippen molar-refractivity contribution in [1.82, 2.24) is 4.90 Å². The number of anilines is 1. The van der Waals surface area contributed by atoms with Crippen molar-refractivity contribution in [2.75, 3.05) is 50.8 Å². The molecule has 0 spiro atoms. The van der Waals surface area contributed by atoms with E-state index in [1.807, 2.05) is 12.1 Å². The van der Waals surface area contributed by atoms with Gasteiger partial charge >= 0.3 is 0 Å². The predicted molar refractivity (Wildman–Crippen MR) is 82.2 cm³/mol. The van der Waals surface area contributed by atoms with Crippen LogP contribution in [0.5, 0.6) is 0 Å². The molecule has 1 atom stereocenters. The SMILES string of the molecule is NCCc1ccc(N2CCC(N3CCOCC3)C2)c(F)c1. The fourth-order valence-electron chi connectivity index (χ4n) is 3.33. The number of nitrogens with two attached hydrogens (primary N) is 1. The average molecular weight is 293 g/mol. The highest BCUT2D eigenvalue weighted by molar-refractivity contribution is 5.50. The summed E-state index contributed by atoms with van der Waals surface area (Å²) in [6.07, 6.45) is 1.83. The normalized spacial score (nSPS) is 23.7. The zero-order valence-corrected chi connectivity index (χ0v) is 12.4. The van der Waals surface area contributed by atoms with Gasteiger partial charge in [-0.25, -0.2) is 4.39 Å². The lowest BCUT2D eigenvalue weighted by molar-refractivity contribution is 0.0209. The maximum absolute atomic E-state index is 14.3. The van der Waals surface area contributed by atoms with E-state index >= 15 is 0 Å². The fourth-order valence-corrected chi connectivity index (χ4v) is 3.33. The molecule has 4 nitrogen and oxygen atoms in total. The van der Waals surface area contributed by atoms with Gasteiger partial charge in [-0.15, -0.1) is 0 Å². The zero-order chi connectivity index (χ0) is 14.7. The molecule has 0 amide bonds. The van der Waals surface area contributed by atoms with Crippen molar-refractivity contribution in [3.63, 3.8) is 0 Å². The Morgan fingerprint density at radius 3 is 2.76 bits per heavy atom. The molecule has 0 bridgehead atoms. The van der Waals surface area contributed by atoms with Gasteiger partial charge in [-0.3, -0.25) is 4.90 Å². The molecule has 3 rings (SSSR count). The Balaban J connectivity index is 1.65. The van der Waals surface area contributed by atoms with Crippen molar-refractivity contribution < 1.29 is 9.13 Å². The second-order valence-electron chi connectivity index (χ2n) is 5.86. The van der Waals surface area contributed by atoms with Crippen LogP contribution in [0.4, 0.5) is 10.1 Å². The fraction of sp³-hybridized carbons (Fsp3) is 0.625. The third kappa shape index (κ3) is 3.36. The Labute approximate surface area is 125 Å². The van der Waals surface area contributed by atoms with Crippen LogP contribution < -0.4 is 10.6 Å². The zero-order valence-electron chi connectivity index (χ0n) is 12.4. The van der Waals surface area contributed by atoms with E-state index < -0.39 is 0 Å². The molecule has 21 heavy (non-hydrogen) atoms. The van der Waals surface area contributed by atoms with Crippen LogP contribution in [0.2, 0.25) is 0 Å². The number of hydrogen-bond donors (Lipinski definition) is 1. The molecular formula is C16H24FN3O. The summed E-state index contributed by atoms with van der Waals surface area (Å²) in [7, 11) is 0. The Kier molecular flexibility index (Phi) is 4.73. The van der Waals surface area contributed by atoms with Gasteiger partial charge in [0.15, 0.2) is 0 Å². The topological polar surface area (TPSA) is 41.7 Å². The third-order valence-electron chi connectivity index (χ3n) is 4.51. The summed E-state index contributed by atoms with van der Waals surface area (Å²) in [4.78, 5) is 4.64. The van der Waals surface area contributed by atoms with Crippen LogP contribution in [-0.4, -0.2) is 56.9 Å². The van der Waals surface area contributed by atoms with E-state index in [-0.39, 0.29) is 5.82 Å². The lowest BCUT2D eigenvalue weighted by Gasteiger charge is -2.32. The number of benzene rings is 1. The van der Waals surface area contributed by atoms with Crippen molar-refractivity contribution >= 4 is 5.69 Å².